The van der Waals surface area contributed by atoms with Gasteiger partial charge in [-0.15, -0.1) is 10.2 Å². The maximum atomic E-state index is 10.9. The summed E-state index contributed by atoms with van der Waals surface area (Å²) < 4.78 is 5.26. The SMILES string of the molecule is O=C(O)C1CCN(c2ccc(-c3ccco3)nn2)CC1. The summed E-state index contributed by atoms with van der Waals surface area (Å²) in [7, 11) is 0. The number of hydrogen-bond donors (Lipinski definition) is 1. The molecule has 2 aromatic heterocycles. The second-order valence-electron chi connectivity index (χ2n) is 4.85. The van der Waals surface area contributed by atoms with E-state index in [1.165, 1.54) is 0 Å². The molecule has 1 aliphatic heterocycles. The van der Waals surface area contributed by atoms with Gasteiger partial charge in [-0.1, -0.05) is 0 Å². The topological polar surface area (TPSA) is 79.5 Å². The fraction of sp³-hybridized carbons (Fsp3) is 0.357. The molecule has 1 saturated heterocycles. The van der Waals surface area contributed by atoms with Crippen molar-refractivity contribution in [2.24, 2.45) is 5.92 Å². The van der Waals surface area contributed by atoms with E-state index in [-0.39, 0.29) is 5.92 Å². The maximum Gasteiger partial charge on any atom is 0.306 e. The Balaban J connectivity index is 1.68. The highest BCUT2D eigenvalue weighted by Gasteiger charge is 2.25. The van der Waals surface area contributed by atoms with Crippen LogP contribution < -0.4 is 4.90 Å². The Morgan fingerprint density at radius 3 is 2.60 bits per heavy atom. The molecule has 3 heterocycles. The van der Waals surface area contributed by atoms with Crippen molar-refractivity contribution in [3.8, 4) is 11.5 Å². The van der Waals surface area contributed by atoms with Crippen LogP contribution in [-0.2, 0) is 4.79 Å². The van der Waals surface area contributed by atoms with E-state index in [1.807, 2.05) is 24.3 Å². The van der Waals surface area contributed by atoms with Crippen LogP contribution in [0, 0.1) is 5.92 Å². The smallest absolute Gasteiger partial charge is 0.306 e. The van der Waals surface area contributed by atoms with E-state index in [4.69, 9.17) is 9.52 Å². The van der Waals surface area contributed by atoms with E-state index in [2.05, 4.69) is 15.1 Å². The van der Waals surface area contributed by atoms with Gasteiger partial charge in [0.05, 0.1) is 12.2 Å². The molecule has 0 atom stereocenters. The van der Waals surface area contributed by atoms with Crippen molar-refractivity contribution >= 4 is 11.8 Å². The highest BCUT2D eigenvalue weighted by Crippen LogP contribution is 2.23. The number of aliphatic carboxylic acids is 1. The quantitative estimate of drug-likeness (QED) is 0.921. The van der Waals surface area contributed by atoms with Gasteiger partial charge in [-0.3, -0.25) is 4.79 Å². The molecule has 0 unspecified atom stereocenters. The summed E-state index contributed by atoms with van der Waals surface area (Å²) in [5.41, 5.74) is 0.694. The van der Waals surface area contributed by atoms with E-state index < -0.39 is 5.97 Å². The van der Waals surface area contributed by atoms with Crippen molar-refractivity contribution in [2.45, 2.75) is 12.8 Å². The zero-order valence-corrected chi connectivity index (χ0v) is 10.9. The van der Waals surface area contributed by atoms with E-state index in [0.29, 0.717) is 37.4 Å². The van der Waals surface area contributed by atoms with E-state index >= 15 is 0 Å². The van der Waals surface area contributed by atoms with Gasteiger partial charge in [-0.25, -0.2) is 0 Å². The summed E-state index contributed by atoms with van der Waals surface area (Å²) in [6.07, 6.45) is 2.90. The maximum absolute atomic E-state index is 10.9. The van der Waals surface area contributed by atoms with Crippen LogP contribution >= 0.6 is 0 Å². The average molecular weight is 273 g/mol. The Morgan fingerprint density at radius 2 is 2.05 bits per heavy atom. The van der Waals surface area contributed by atoms with Gasteiger partial charge in [-0.2, -0.15) is 0 Å². The summed E-state index contributed by atoms with van der Waals surface area (Å²) in [5, 5.41) is 17.3. The highest BCUT2D eigenvalue weighted by molar-refractivity contribution is 5.70. The van der Waals surface area contributed by atoms with Crippen molar-refractivity contribution < 1.29 is 14.3 Å². The number of carboxylic acid groups (broad SMARTS) is 1. The van der Waals surface area contributed by atoms with Gasteiger partial charge in [-0.05, 0) is 37.1 Å². The molecule has 6 nitrogen and oxygen atoms in total. The molecule has 0 bridgehead atoms. The third kappa shape index (κ3) is 2.49. The number of rotatable bonds is 3. The second kappa shape index (κ2) is 5.32. The van der Waals surface area contributed by atoms with Crippen LogP contribution in [0.25, 0.3) is 11.5 Å². The van der Waals surface area contributed by atoms with E-state index in [9.17, 15) is 4.79 Å². The Kier molecular flexibility index (Phi) is 3.37. The van der Waals surface area contributed by atoms with Gasteiger partial charge in [0.1, 0.15) is 5.69 Å². The Bertz CT molecular complexity index is 572. The Labute approximate surface area is 116 Å². The molecule has 20 heavy (non-hydrogen) atoms. The average Bonchev–Trinajstić information content (AvgIpc) is 3.02. The lowest BCUT2D eigenvalue weighted by Crippen LogP contribution is -2.36. The number of carbonyl (C=O) groups is 1. The lowest BCUT2D eigenvalue weighted by molar-refractivity contribution is -0.142. The predicted molar refractivity (Wildman–Crippen MR) is 72.3 cm³/mol. The number of anilines is 1. The van der Waals surface area contributed by atoms with Crippen LogP contribution in [0.3, 0.4) is 0 Å². The van der Waals surface area contributed by atoms with Crippen LogP contribution in [-0.4, -0.2) is 34.4 Å². The molecule has 104 valence electrons. The number of nitrogens with zero attached hydrogens (tertiary/aromatic N) is 3. The predicted octanol–water partition coefficient (Wildman–Crippen LogP) is 2.04. The molecule has 6 heteroatoms. The number of furan rings is 1. The van der Waals surface area contributed by atoms with Crippen molar-refractivity contribution in [2.75, 3.05) is 18.0 Å². The molecule has 1 N–H and O–H groups in total. The van der Waals surface area contributed by atoms with Gasteiger partial charge in [0, 0.05) is 13.1 Å². The summed E-state index contributed by atoms with van der Waals surface area (Å²) >= 11 is 0. The first kappa shape index (κ1) is 12.7. The van der Waals surface area contributed by atoms with E-state index in [1.54, 1.807) is 6.26 Å². The van der Waals surface area contributed by atoms with Crippen LogP contribution in [0.4, 0.5) is 5.82 Å². The largest absolute Gasteiger partial charge is 0.481 e. The number of hydrogen-bond acceptors (Lipinski definition) is 5. The van der Waals surface area contributed by atoms with Crippen molar-refractivity contribution in [1.29, 1.82) is 0 Å². The standard InChI is InChI=1S/C14H15N3O3/c18-14(19)10-5-7-17(8-6-10)13-4-3-11(15-16-13)12-2-1-9-20-12/h1-4,9-10H,5-8H2,(H,18,19). The number of aromatic nitrogens is 2. The molecule has 0 saturated carbocycles. The minimum atomic E-state index is -0.705. The molecule has 0 aromatic carbocycles. The summed E-state index contributed by atoms with van der Waals surface area (Å²) in [6.45, 7) is 1.40. The highest BCUT2D eigenvalue weighted by atomic mass is 16.4. The van der Waals surface area contributed by atoms with E-state index in [0.717, 1.165) is 5.82 Å². The molecule has 1 fully saturated rings. The minimum absolute atomic E-state index is 0.235. The molecular formula is C14H15N3O3. The number of piperidine rings is 1. The van der Waals surface area contributed by atoms with Gasteiger partial charge in [0.25, 0.3) is 0 Å². The van der Waals surface area contributed by atoms with Crippen LogP contribution in [0.1, 0.15) is 12.8 Å². The first-order valence-electron chi connectivity index (χ1n) is 6.59. The van der Waals surface area contributed by atoms with Gasteiger partial charge < -0.3 is 14.4 Å². The monoisotopic (exact) mass is 273 g/mol. The summed E-state index contributed by atoms with van der Waals surface area (Å²) in [5.74, 6) is 0.531. The minimum Gasteiger partial charge on any atom is -0.481 e. The zero-order valence-electron chi connectivity index (χ0n) is 10.9. The molecule has 0 aliphatic carbocycles. The summed E-state index contributed by atoms with van der Waals surface area (Å²) in [4.78, 5) is 13.0. The van der Waals surface area contributed by atoms with Gasteiger partial charge >= 0.3 is 5.97 Å². The Morgan fingerprint density at radius 1 is 1.25 bits per heavy atom. The van der Waals surface area contributed by atoms with Crippen LogP contribution in [0.5, 0.6) is 0 Å². The molecule has 3 rings (SSSR count). The molecular weight excluding hydrogens is 258 g/mol. The van der Waals surface area contributed by atoms with Crippen LogP contribution in [0.2, 0.25) is 0 Å². The third-order valence-corrected chi connectivity index (χ3v) is 3.59. The lowest BCUT2D eigenvalue weighted by atomic mass is 9.97. The fourth-order valence-corrected chi connectivity index (χ4v) is 2.41. The van der Waals surface area contributed by atoms with Gasteiger partial charge in [0.2, 0.25) is 0 Å². The number of carboxylic acids is 1. The lowest BCUT2D eigenvalue weighted by Gasteiger charge is -2.30. The second-order valence-corrected chi connectivity index (χ2v) is 4.85. The Hall–Kier alpha value is -2.37. The molecule has 0 amide bonds. The first-order valence-corrected chi connectivity index (χ1v) is 6.59. The zero-order chi connectivity index (χ0) is 13.9. The fourth-order valence-electron chi connectivity index (χ4n) is 2.41. The molecule has 2 aromatic rings. The molecule has 0 radical (unpaired) electrons. The third-order valence-electron chi connectivity index (χ3n) is 3.59. The van der Waals surface area contributed by atoms with Crippen molar-refractivity contribution in [3.05, 3.63) is 30.5 Å². The van der Waals surface area contributed by atoms with Crippen molar-refractivity contribution in [1.82, 2.24) is 10.2 Å². The van der Waals surface area contributed by atoms with Crippen molar-refractivity contribution in [3.63, 3.8) is 0 Å². The first-order chi connectivity index (χ1) is 9.74. The summed E-state index contributed by atoms with van der Waals surface area (Å²) in [6, 6.07) is 7.40. The molecule has 1 aliphatic rings. The van der Waals surface area contributed by atoms with Gasteiger partial charge in [0.15, 0.2) is 11.6 Å². The normalized spacial score (nSPS) is 16.3. The molecule has 0 spiro atoms. The van der Waals surface area contributed by atoms with Crippen LogP contribution in [0.15, 0.2) is 34.9 Å².